The molecule has 2 aromatic rings. The molecule has 0 saturated heterocycles. The summed E-state index contributed by atoms with van der Waals surface area (Å²) in [6.45, 7) is 4.97. The molecule has 2 aromatic carbocycles. The van der Waals surface area contributed by atoms with E-state index in [9.17, 15) is 9.18 Å². The Morgan fingerprint density at radius 2 is 1.77 bits per heavy atom. The summed E-state index contributed by atoms with van der Waals surface area (Å²) in [6, 6.07) is 11.9. The summed E-state index contributed by atoms with van der Waals surface area (Å²) < 4.78 is 24.1. The van der Waals surface area contributed by atoms with Crippen molar-refractivity contribution in [2.75, 3.05) is 13.7 Å². The van der Waals surface area contributed by atoms with Gasteiger partial charge in [-0.15, -0.1) is 0 Å². The van der Waals surface area contributed by atoms with Crippen LogP contribution in [-0.2, 0) is 17.9 Å². The summed E-state index contributed by atoms with van der Waals surface area (Å²) in [6.07, 6.45) is 0. The van der Waals surface area contributed by atoms with Crippen LogP contribution in [0.15, 0.2) is 42.5 Å². The van der Waals surface area contributed by atoms with Crippen LogP contribution in [0.1, 0.15) is 25.0 Å². The Kier molecular flexibility index (Phi) is 7.41. The Hall–Kier alpha value is -2.60. The molecule has 140 valence electrons. The van der Waals surface area contributed by atoms with Gasteiger partial charge in [0.1, 0.15) is 12.4 Å². The molecule has 0 bridgehead atoms. The van der Waals surface area contributed by atoms with Crippen molar-refractivity contribution in [1.29, 1.82) is 0 Å². The largest absolute Gasteiger partial charge is 0.493 e. The molecule has 5 nitrogen and oxygen atoms in total. The van der Waals surface area contributed by atoms with Crippen LogP contribution >= 0.6 is 0 Å². The second-order valence-electron chi connectivity index (χ2n) is 6.23. The van der Waals surface area contributed by atoms with E-state index in [-0.39, 0.29) is 24.3 Å². The fourth-order valence-corrected chi connectivity index (χ4v) is 2.38. The minimum absolute atomic E-state index is 0.0359. The van der Waals surface area contributed by atoms with Gasteiger partial charge in [-0.05, 0) is 49.2 Å². The number of hydrogen-bond donors (Lipinski definition) is 2. The number of rotatable bonds is 9. The lowest BCUT2D eigenvalue weighted by atomic mass is 10.2. The van der Waals surface area contributed by atoms with E-state index in [1.54, 1.807) is 19.2 Å². The molecule has 0 aliphatic carbocycles. The van der Waals surface area contributed by atoms with Crippen LogP contribution in [0.4, 0.5) is 4.39 Å². The molecule has 0 saturated carbocycles. The maximum absolute atomic E-state index is 12.9. The van der Waals surface area contributed by atoms with Gasteiger partial charge in [-0.1, -0.05) is 18.2 Å². The number of amides is 1. The van der Waals surface area contributed by atoms with Gasteiger partial charge in [-0.2, -0.15) is 0 Å². The number of methoxy groups -OCH3 is 1. The summed E-state index contributed by atoms with van der Waals surface area (Å²) in [7, 11) is 1.58. The average molecular weight is 360 g/mol. The Balaban J connectivity index is 1.89. The van der Waals surface area contributed by atoms with Crippen LogP contribution in [0.3, 0.4) is 0 Å². The first-order valence-electron chi connectivity index (χ1n) is 8.52. The maximum Gasteiger partial charge on any atom is 0.234 e. The van der Waals surface area contributed by atoms with E-state index < -0.39 is 0 Å². The predicted molar refractivity (Wildman–Crippen MR) is 98.7 cm³/mol. The fraction of sp³-hybridized carbons (Fsp3) is 0.350. The smallest absolute Gasteiger partial charge is 0.234 e. The standard InChI is InChI=1S/C20H25FN2O3/c1-14(2)23-20(24)12-22-11-16-6-9-18(19(10-16)25-3)26-13-15-4-7-17(21)8-5-15/h4-10,14,22H,11-13H2,1-3H3,(H,23,24). The van der Waals surface area contributed by atoms with Crippen molar-refractivity contribution < 1.29 is 18.7 Å². The molecule has 6 heteroatoms. The van der Waals surface area contributed by atoms with Crippen LogP contribution < -0.4 is 20.1 Å². The van der Waals surface area contributed by atoms with Gasteiger partial charge in [-0.25, -0.2) is 4.39 Å². The van der Waals surface area contributed by atoms with Crippen molar-refractivity contribution >= 4 is 5.91 Å². The minimum Gasteiger partial charge on any atom is -0.493 e. The SMILES string of the molecule is COc1cc(CNCC(=O)NC(C)C)ccc1OCc1ccc(F)cc1. The second-order valence-corrected chi connectivity index (χ2v) is 6.23. The number of carbonyl (C=O) groups excluding carboxylic acids is 1. The van der Waals surface area contributed by atoms with Crippen molar-refractivity contribution in [1.82, 2.24) is 10.6 Å². The molecule has 0 aromatic heterocycles. The summed E-state index contributed by atoms with van der Waals surface area (Å²) in [5.41, 5.74) is 1.85. The third-order valence-corrected chi connectivity index (χ3v) is 3.60. The zero-order valence-corrected chi connectivity index (χ0v) is 15.3. The van der Waals surface area contributed by atoms with E-state index >= 15 is 0 Å². The van der Waals surface area contributed by atoms with Gasteiger partial charge in [0.05, 0.1) is 13.7 Å². The maximum atomic E-state index is 12.9. The number of halogens is 1. The van der Waals surface area contributed by atoms with E-state index in [1.165, 1.54) is 12.1 Å². The van der Waals surface area contributed by atoms with Gasteiger partial charge in [0.25, 0.3) is 0 Å². The van der Waals surface area contributed by atoms with Gasteiger partial charge < -0.3 is 20.1 Å². The zero-order chi connectivity index (χ0) is 18.9. The quantitative estimate of drug-likeness (QED) is 0.722. The monoisotopic (exact) mass is 360 g/mol. The summed E-state index contributed by atoms with van der Waals surface area (Å²) >= 11 is 0. The van der Waals surface area contributed by atoms with E-state index in [4.69, 9.17) is 9.47 Å². The molecular formula is C20H25FN2O3. The van der Waals surface area contributed by atoms with Crippen molar-refractivity contribution in [3.8, 4) is 11.5 Å². The minimum atomic E-state index is -0.273. The second kappa shape index (κ2) is 9.77. The van der Waals surface area contributed by atoms with Gasteiger partial charge in [0.2, 0.25) is 5.91 Å². The first kappa shape index (κ1) is 19.7. The lowest BCUT2D eigenvalue weighted by molar-refractivity contribution is -0.120. The Morgan fingerprint density at radius 3 is 2.42 bits per heavy atom. The van der Waals surface area contributed by atoms with E-state index in [0.29, 0.717) is 24.7 Å². The van der Waals surface area contributed by atoms with Gasteiger partial charge in [-0.3, -0.25) is 4.79 Å². The Labute approximate surface area is 153 Å². The highest BCUT2D eigenvalue weighted by molar-refractivity contribution is 5.78. The predicted octanol–water partition coefficient (Wildman–Crippen LogP) is 3.03. The molecule has 0 heterocycles. The number of ether oxygens (including phenoxy) is 2. The number of benzene rings is 2. The highest BCUT2D eigenvalue weighted by Crippen LogP contribution is 2.28. The zero-order valence-electron chi connectivity index (χ0n) is 15.3. The van der Waals surface area contributed by atoms with Crippen molar-refractivity contribution in [2.45, 2.75) is 33.0 Å². The van der Waals surface area contributed by atoms with Gasteiger partial charge in [0.15, 0.2) is 11.5 Å². The Morgan fingerprint density at radius 1 is 1.08 bits per heavy atom. The number of nitrogens with one attached hydrogen (secondary N) is 2. The highest BCUT2D eigenvalue weighted by atomic mass is 19.1. The van der Waals surface area contributed by atoms with Crippen LogP contribution in [0.25, 0.3) is 0 Å². The molecule has 1 amide bonds. The van der Waals surface area contributed by atoms with Crippen LogP contribution in [0, 0.1) is 5.82 Å². The molecule has 26 heavy (non-hydrogen) atoms. The van der Waals surface area contributed by atoms with Gasteiger partial charge >= 0.3 is 0 Å². The van der Waals surface area contributed by atoms with Crippen molar-refractivity contribution in [2.24, 2.45) is 0 Å². The molecule has 0 aliphatic rings. The van der Waals surface area contributed by atoms with E-state index in [0.717, 1.165) is 11.1 Å². The molecule has 0 unspecified atom stereocenters. The summed E-state index contributed by atoms with van der Waals surface area (Å²) in [4.78, 5) is 11.6. The van der Waals surface area contributed by atoms with Crippen molar-refractivity contribution in [3.05, 3.63) is 59.4 Å². The molecule has 0 radical (unpaired) electrons. The fourth-order valence-electron chi connectivity index (χ4n) is 2.38. The summed E-state index contributed by atoms with van der Waals surface area (Å²) in [5.74, 6) is 0.910. The molecule has 0 aliphatic heterocycles. The first-order valence-corrected chi connectivity index (χ1v) is 8.52. The molecule has 0 atom stereocenters. The van der Waals surface area contributed by atoms with Crippen LogP contribution in [0.5, 0.6) is 11.5 Å². The summed E-state index contributed by atoms with van der Waals surface area (Å²) in [5, 5.41) is 5.92. The molecular weight excluding hydrogens is 335 g/mol. The molecule has 2 N–H and O–H groups in total. The molecule has 2 rings (SSSR count). The third kappa shape index (κ3) is 6.37. The normalized spacial score (nSPS) is 10.7. The first-order chi connectivity index (χ1) is 12.5. The molecule has 0 spiro atoms. The highest BCUT2D eigenvalue weighted by Gasteiger charge is 2.08. The molecule has 0 fully saturated rings. The topological polar surface area (TPSA) is 59.6 Å². The number of hydrogen-bond acceptors (Lipinski definition) is 4. The van der Waals surface area contributed by atoms with Crippen LogP contribution in [-0.4, -0.2) is 25.6 Å². The average Bonchev–Trinajstić information content (AvgIpc) is 2.61. The van der Waals surface area contributed by atoms with Crippen LogP contribution in [0.2, 0.25) is 0 Å². The lowest BCUT2D eigenvalue weighted by Crippen LogP contribution is -2.37. The van der Waals surface area contributed by atoms with E-state index in [1.807, 2.05) is 32.0 Å². The van der Waals surface area contributed by atoms with E-state index in [2.05, 4.69) is 10.6 Å². The number of carbonyl (C=O) groups is 1. The Bertz CT molecular complexity index is 717. The lowest BCUT2D eigenvalue weighted by Gasteiger charge is -2.13. The van der Waals surface area contributed by atoms with Crippen molar-refractivity contribution in [3.63, 3.8) is 0 Å². The van der Waals surface area contributed by atoms with Gasteiger partial charge in [0, 0.05) is 12.6 Å². The third-order valence-electron chi connectivity index (χ3n) is 3.60.